The zero-order chi connectivity index (χ0) is 14.1. The zero-order valence-electron chi connectivity index (χ0n) is 10.4. The van der Waals surface area contributed by atoms with E-state index in [1.165, 1.54) is 10.9 Å². The lowest BCUT2D eigenvalue weighted by atomic mass is 10.1. The summed E-state index contributed by atoms with van der Waals surface area (Å²) in [7, 11) is 0. The third kappa shape index (κ3) is 2.59. The van der Waals surface area contributed by atoms with Gasteiger partial charge >= 0.3 is 0 Å². The van der Waals surface area contributed by atoms with Gasteiger partial charge in [-0.25, -0.2) is 0 Å². The molecule has 0 bridgehead atoms. The van der Waals surface area contributed by atoms with E-state index in [4.69, 9.17) is 34.8 Å². The number of aromatic amines is 1. The summed E-state index contributed by atoms with van der Waals surface area (Å²) >= 11 is 18.2. The third-order valence-electron chi connectivity index (χ3n) is 3.15. The summed E-state index contributed by atoms with van der Waals surface area (Å²) in [6.07, 6.45) is 1.93. The molecule has 5 heteroatoms. The van der Waals surface area contributed by atoms with Crippen LogP contribution in [0, 0.1) is 0 Å². The highest BCUT2D eigenvalue weighted by molar-refractivity contribution is 6.41. The summed E-state index contributed by atoms with van der Waals surface area (Å²) in [5, 5.41) is 6.01. The van der Waals surface area contributed by atoms with Crippen LogP contribution in [0.1, 0.15) is 5.56 Å². The van der Waals surface area contributed by atoms with Gasteiger partial charge in [-0.3, -0.25) is 0 Å². The first-order chi connectivity index (χ1) is 9.65. The number of H-pyrrole nitrogens is 1. The fraction of sp³-hybridized carbons (Fsp3) is 0.0667. The molecule has 1 heterocycles. The first-order valence-corrected chi connectivity index (χ1v) is 7.22. The minimum Gasteiger partial charge on any atom is -0.379 e. The second-order valence-electron chi connectivity index (χ2n) is 4.45. The summed E-state index contributed by atoms with van der Waals surface area (Å²) in [6.45, 7) is 0.635. The van der Waals surface area contributed by atoms with Gasteiger partial charge in [0.15, 0.2) is 0 Å². The highest BCUT2D eigenvalue weighted by atomic mass is 35.5. The van der Waals surface area contributed by atoms with Crippen molar-refractivity contribution in [1.29, 1.82) is 0 Å². The van der Waals surface area contributed by atoms with E-state index in [2.05, 4.69) is 22.4 Å². The lowest BCUT2D eigenvalue weighted by Gasteiger charge is -2.11. The average molecular weight is 326 g/mol. The molecule has 0 atom stereocenters. The van der Waals surface area contributed by atoms with Crippen molar-refractivity contribution in [1.82, 2.24) is 4.98 Å². The lowest BCUT2D eigenvalue weighted by Crippen LogP contribution is -2.01. The summed E-state index contributed by atoms with van der Waals surface area (Å²) in [6, 6.07) is 11.5. The Labute approximate surface area is 131 Å². The normalized spacial score (nSPS) is 10.9. The molecular formula is C15H11Cl3N2. The van der Waals surface area contributed by atoms with E-state index < -0.39 is 0 Å². The van der Waals surface area contributed by atoms with Gasteiger partial charge in [-0.15, -0.1) is 0 Å². The van der Waals surface area contributed by atoms with E-state index in [-0.39, 0.29) is 0 Å². The van der Waals surface area contributed by atoms with Crippen LogP contribution < -0.4 is 5.32 Å². The maximum atomic E-state index is 6.16. The lowest BCUT2D eigenvalue weighted by molar-refractivity contribution is 1.17. The highest BCUT2D eigenvalue weighted by Crippen LogP contribution is 2.34. The molecule has 102 valence electrons. The molecule has 0 aliphatic heterocycles. The first-order valence-electron chi connectivity index (χ1n) is 6.08. The van der Waals surface area contributed by atoms with Crippen LogP contribution in [-0.4, -0.2) is 4.98 Å². The minimum absolute atomic E-state index is 0.517. The van der Waals surface area contributed by atoms with E-state index in [9.17, 15) is 0 Å². The molecule has 2 N–H and O–H groups in total. The van der Waals surface area contributed by atoms with Gasteiger partial charge in [0.25, 0.3) is 0 Å². The predicted octanol–water partition coefficient (Wildman–Crippen LogP) is 5.74. The summed E-state index contributed by atoms with van der Waals surface area (Å²) in [5.74, 6) is 0. The van der Waals surface area contributed by atoms with Gasteiger partial charge in [0.2, 0.25) is 0 Å². The molecule has 0 spiro atoms. The monoisotopic (exact) mass is 324 g/mol. The second kappa shape index (κ2) is 5.57. The quantitative estimate of drug-likeness (QED) is 0.631. The number of nitrogens with one attached hydrogen (secondary N) is 2. The molecule has 2 aromatic carbocycles. The topological polar surface area (TPSA) is 27.8 Å². The van der Waals surface area contributed by atoms with Crippen LogP contribution in [0.15, 0.2) is 42.6 Å². The molecule has 0 aliphatic rings. The maximum absolute atomic E-state index is 6.16. The van der Waals surface area contributed by atoms with Crippen LogP contribution >= 0.6 is 34.8 Å². The SMILES string of the molecule is Clc1cc(Cl)c(NCc2cccc3[nH]ccc23)c(Cl)c1. The van der Waals surface area contributed by atoms with Crippen molar-refractivity contribution in [3.63, 3.8) is 0 Å². The number of rotatable bonds is 3. The minimum atomic E-state index is 0.517. The number of halogens is 3. The number of fused-ring (bicyclic) bond motifs is 1. The fourth-order valence-electron chi connectivity index (χ4n) is 2.20. The Kier molecular flexibility index (Phi) is 3.79. The predicted molar refractivity (Wildman–Crippen MR) is 87.1 cm³/mol. The van der Waals surface area contributed by atoms with E-state index in [0.717, 1.165) is 5.52 Å². The molecule has 0 aliphatic carbocycles. The van der Waals surface area contributed by atoms with Crippen LogP contribution in [0.3, 0.4) is 0 Å². The molecule has 3 aromatic rings. The Morgan fingerprint density at radius 3 is 2.50 bits per heavy atom. The summed E-state index contributed by atoms with van der Waals surface area (Å²) < 4.78 is 0. The fourth-order valence-corrected chi connectivity index (χ4v) is 3.15. The van der Waals surface area contributed by atoms with E-state index in [0.29, 0.717) is 27.3 Å². The number of hydrogen-bond acceptors (Lipinski definition) is 1. The Morgan fingerprint density at radius 2 is 1.75 bits per heavy atom. The standard InChI is InChI=1S/C15H11Cl3N2/c16-10-6-12(17)15(13(18)7-10)20-8-9-2-1-3-14-11(9)4-5-19-14/h1-7,19-20H,8H2. The Bertz CT molecular complexity index is 742. The summed E-state index contributed by atoms with van der Waals surface area (Å²) in [4.78, 5) is 3.19. The van der Waals surface area contributed by atoms with Gasteiger partial charge < -0.3 is 10.3 Å². The third-order valence-corrected chi connectivity index (χ3v) is 3.96. The Balaban J connectivity index is 1.89. The largest absolute Gasteiger partial charge is 0.379 e. The zero-order valence-corrected chi connectivity index (χ0v) is 12.7. The molecule has 0 amide bonds. The molecule has 0 unspecified atom stereocenters. The van der Waals surface area contributed by atoms with Crippen LogP contribution in [0.4, 0.5) is 5.69 Å². The molecule has 0 fully saturated rings. The number of benzene rings is 2. The van der Waals surface area contributed by atoms with Crippen LogP contribution in [-0.2, 0) is 6.54 Å². The Morgan fingerprint density at radius 1 is 1.00 bits per heavy atom. The van der Waals surface area contributed by atoms with Crippen molar-refractivity contribution >= 4 is 51.4 Å². The molecule has 2 nitrogen and oxygen atoms in total. The molecular weight excluding hydrogens is 315 g/mol. The van der Waals surface area contributed by atoms with Crippen LogP contribution in [0.25, 0.3) is 10.9 Å². The van der Waals surface area contributed by atoms with Crippen molar-refractivity contribution in [2.75, 3.05) is 5.32 Å². The smallest absolute Gasteiger partial charge is 0.0722 e. The number of anilines is 1. The number of aromatic nitrogens is 1. The van der Waals surface area contributed by atoms with E-state index >= 15 is 0 Å². The van der Waals surface area contributed by atoms with Crippen molar-refractivity contribution in [3.05, 3.63) is 63.2 Å². The van der Waals surface area contributed by atoms with Gasteiger partial charge in [0, 0.05) is 28.7 Å². The van der Waals surface area contributed by atoms with Crippen LogP contribution in [0.2, 0.25) is 15.1 Å². The van der Waals surface area contributed by atoms with Crippen LogP contribution in [0.5, 0.6) is 0 Å². The maximum Gasteiger partial charge on any atom is 0.0722 e. The van der Waals surface area contributed by atoms with Gasteiger partial charge in [-0.2, -0.15) is 0 Å². The van der Waals surface area contributed by atoms with E-state index in [1.807, 2.05) is 18.3 Å². The molecule has 3 rings (SSSR count). The second-order valence-corrected chi connectivity index (χ2v) is 5.70. The van der Waals surface area contributed by atoms with Crippen molar-refractivity contribution < 1.29 is 0 Å². The number of hydrogen-bond donors (Lipinski definition) is 2. The van der Waals surface area contributed by atoms with Gasteiger partial charge in [0.05, 0.1) is 15.7 Å². The highest BCUT2D eigenvalue weighted by Gasteiger charge is 2.08. The molecule has 0 saturated carbocycles. The van der Waals surface area contributed by atoms with Gasteiger partial charge in [-0.05, 0) is 29.8 Å². The molecule has 0 radical (unpaired) electrons. The van der Waals surface area contributed by atoms with Crippen molar-refractivity contribution in [3.8, 4) is 0 Å². The first kappa shape index (κ1) is 13.6. The molecule has 20 heavy (non-hydrogen) atoms. The van der Waals surface area contributed by atoms with Crippen molar-refractivity contribution in [2.45, 2.75) is 6.54 Å². The Hall–Kier alpha value is -1.35. The average Bonchev–Trinajstić information content (AvgIpc) is 2.86. The van der Waals surface area contributed by atoms with Gasteiger partial charge in [0.1, 0.15) is 0 Å². The van der Waals surface area contributed by atoms with Crippen molar-refractivity contribution in [2.24, 2.45) is 0 Å². The molecule has 0 saturated heterocycles. The van der Waals surface area contributed by atoms with E-state index in [1.54, 1.807) is 12.1 Å². The molecule has 1 aromatic heterocycles. The summed E-state index contributed by atoms with van der Waals surface area (Å²) in [5.41, 5.74) is 2.98. The van der Waals surface area contributed by atoms with Gasteiger partial charge in [-0.1, -0.05) is 46.9 Å².